The van der Waals surface area contributed by atoms with E-state index in [1.807, 2.05) is 11.8 Å². The molecule has 154 valence electrons. The van der Waals surface area contributed by atoms with Crippen molar-refractivity contribution in [1.29, 1.82) is 0 Å². The van der Waals surface area contributed by atoms with E-state index in [0.29, 0.717) is 72.4 Å². The molecule has 1 unspecified atom stereocenters. The van der Waals surface area contributed by atoms with Crippen molar-refractivity contribution in [3.05, 3.63) is 0 Å². The van der Waals surface area contributed by atoms with Crippen LogP contribution in [0, 0.1) is 5.41 Å². The van der Waals surface area contributed by atoms with E-state index < -0.39 is 17.7 Å². The number of rotatable bonds is 5. The van der Waals surface area contributed by atoms with E-state index in [1.165, 1.54) is 0 Å². The number of esters is 1. The van der Waals surface area contributed by atoms with Crippen molar-refractivity contribution in [2.24, 2.45) is 5.41 Å². The fourth-order valence-corrected chi connectivity index (χ4v) is 2.13. The van der Waals surface area contributed by atoms with Crippen LogP contribution in [-0.4, -0.2) is 94.8 Å². The van der Waals surface area contributed by atoms with Gasteiger partial charge < -0.3 is 28.8 Å². The third-order valence-corrected chi connectivity index (χ3v) is 4.31. The number of hydrogen-bond acceptors (Lipinski definition) is 8. The number of hydrogen-bond donors (Lipinski definition) is 1. The largest absolute Gasteiger partial charge is 0.434 e. The minimum atomic E-state index is -1.18. The maximum atomic E-state index is 12.1. The van der Waals surface area contributed by atoms with E-state index in [2.05, 4.69) is 0 Å². The van der Waals surface area contributed by atoms with Gasteiger partial charge in [-0.1, -0.05) is 6.92 Å². The van der Waals surface area contributed by atoms with Crippen LogP contribution in [-0.2, 0) is 28.5 Å². The molecule has 8 nitrogen and oxygen atoms in total. The van der Waals surface area contributed by atoms with Gasteiger partial charge in [0.05, 0.1) is 64.8 Å². The first-order valence-electron chi connectivity index (χ1n) is 9.38. The fraction of sp³-hybridized carbons (Fsp3) is 0.944. The van der Waals surface area contributed by atoms with Crippen LogP contribution >= 0.6 is 0 Å². The molecule has 0 bridgehead atoms. The Bertz CT molecular complexity index is 363. The summed E-state index contributed by atoms with van der Waals surface area (Å²) in [5.41, 5.74) is -0.607. The van der Waals surface area contributed by atoms with Gasteiger partial charge in [-0.2, -0.15) is 0 Å². The van der Waals surface area contributed by atoms with Gasteiger partial charge >= 0.3 is 5.97 Å². The van der Waals surface area contributed by atoms with Crippen molar-refractivity contribution >= 4 is 5.97 Å². The topological polar surface area (TPSA) is 86.7 Å². The highest BCUT2D eigenvalue weighted by molar-refractivity contribution is 5.75. The van der Waals surface area contributed by atoms with Gasteiger partial charge in [0.25, 0.3) is 0 Å². The van der Waals surface area contributed by atoms with Crippen molar-refractivity contribution in [2.75, 3.05) is 72.5 Å². The number of carbonyl (C=O) groups is 1. The molecule has 0 radical (unpaired) electrons. The second kappa shape index (κ2) is 13.4. The fourth-order valence-electron chi connectivity index (χ4n) is 2.13. The molecule has 0 aromatic carbocycles. The van der Waals surface area contributed by atoms with Crippen molar-refractivity contribution in [1.82, 2.24) is 4.90 Å². The van der Waals surface area contributed by atoms with E-state index in [4.69, 9.17) is 23.7 Å². The normalized spacial score (nSPS) is 21.4. The maximum absolute atomic E-state index is 12.1. The highest BCUT2D eigenvalue weighted by atomic mass is 16.6. The van der Waals surface area contributed by atoms with Crippen LogP contribution in [0.15, 0.2) is 0 Å². The molecule has 0 aromatic rings. The first-order valence-corrected chi connectivity index (χ1v) is 9.38. The quantitative estimate of drug-likeness (QED) is 0.553. The standard InChI is InChI=1S/C18H35NO7/c1-4-18(2,3)17(21)26-16(20)15-19-5-7-22-9-11-24-13-14-25-12-10-23-8-6-19/h16,20H,4-15H2,1-3H3. The van der Waals surface area contributed by atoms with Gasteiger partial charge in [0.15, 0.2) is 0 Å². The molecule has 0 spiro atoms. The van der Waals surface area contributed by atoms with Gasteiger partial charge in [-0.15, -0.1) is 0 Å². The lowest BCUT2D eigenvalue weighted by Crippen LogP contribution is -2.41. The van der Waals surface area contributed by atoms with Crippen molar-refractivity contribution in [3.8, 4) is 0 Å². The van der Waals surface area contributed by atoms with E-state index in [1.54, 1.807) is 13.8 Å². The third-order valence-electron chi connectivity index (χ3n) is 4.31. The summed E-state index contributed by atoms with van der Waals surface area (Å²) < 4.78 is 27.0. The van der Waals surface area contributed by atoms with Crippen LogP contribution in [0.2, 0.25) is 0 Å². The maximum Gasteiger partial charge on any atom is 0.313 e. The Balaban J connectivity index is 2.43. The second-order valence-electron chi connectivity index (χ2n) is 6.85. The lowest BCUT2D eigenvalue weighted by molar-refractivity contribution is -0.181. The van der Waals surface area contributed by atoms with Gasteiger partial charge in [-0.05, 0) is 20.3 Å². The molecule has 26 heavy (non-hydrogen) atoms. The molecule has 1 rings (SSSR count). The molecule has 0 amide bonds. The molecule has 1 aliphatic rings. The Kier molecular flexibility index (Phi) is 12.0. The molecule has 0 aromatic heterocycles. The van der Waals surface area contributed by atoms with Crippen LogP contribution in [0.5, 0.6) is 0 Å². The molecule has 0 saturated carbocycles. The average molecular weight is 377 g/mol. The summed E-state index contributed by atoms with van der Waals surface area (Å²) in [5, 5.41) is 10.1. The number of β-amino-alcohol motifs (C(OH)–C–C–N with tert-alkyl or cyclic N) is 1. The highest BCUT2D eigenvalue weighted by Gasteiger charge is 2.29. The number of aliphatic hydroxyl groups excluding tert-OH is 1. The van der Waals surface area contributed by atoms with E-state index in [0.717, 1.165) is 0 Å². The SMILES string of the molecule is CCC(C)(C)C(=O)OC(O)CN1CCOCCOCCOCCOCC1. The van der Waals surface area contributed by atoms with Gasteiger partial charge in [-0.3, -0.25) is 9.69 Å². The molecule has 1 atom stereocenters. The molecule has 1 saturated heterocycles. The number of nitrogens with zero attached hydrogens (tertiary/aromatic N) is 1. The first kappa shape index (κ1) is 23.3. The average Bonchev–Trinajstić information content (AvgIpc) is 2.61. The molecule has 1 aliphatic heterocycles. The van der Waals surface area contributed by atoms with Crippen molar-refractivity contribution in [3.63, 3.8) is 0 Å². The molecule has 0 aliphatic carbocycles. The first-order chi connectivity index (χ1) is 12.5. The molecular formula is C18H35NO7. The summed E-state index contributed by atoms with van der Waals surface area (Å²) >= 11 is 0. The molecule has 1 N–H and O–H groups in total. The van der Waals surface area contributed by atoms with E-state index >= 15 is 0 Å². The minimum Gasteiger partial charge on any atom is -0.434 e. The van der Waals surface area contributed by atoms with E-state index in [9.17, 15) is 9.90 Å². The Labute approximate surface area is 156 Å². The van der Waals surface area contributed by atoms with Gasteiger partial charge in [0, 0.05) is 13.1 Å². The van der Waals surface area contributed by atoms with Crippen LogP contribution < -0.4 is 0 Å². The van der Waals surface area contributed by atoms with Gasteiger partial charge in [0.2, 0.25) is 6.29 Å². The zero-order valence-electron chi connectivity index (χ0n) is 16.4. The highest BCUT2D eigenvalue weighted by Crippen LogP contribution is 2.22. The molecule has 8 heteroatoms. The Morgan fingerprint density at radius 3 is 1.81 bits per heavy atom. The van der Waals surface area contributed by atoms with Crippen LogP contribution in [0.25, 0.3) is 0 Å². The second-order valence-corrected chi connectivity index (χ2v) is 6.85. The predicted molar refractivity (Wildman–Crippen MR) is 95.9 cm³/mol. The minimum absolute atomic E-state index is 0.214. The third kappa shape index (κ3) is 10.4. The Morgan fingerprint density at radius 1 is 0.962 bits per heavy atom. The summed E-state index contributed by atoms with van der Waals surface area (Å²) in [6.07, 6.45) is -0.532. The van der Waals surface area contributed by atoms with Crippen molar-refractivity contribution < 1.29 is 33.6 Å². The van der Waals surface area contributed by atoms with Crippen LogP contribution in [0.4, 0.5) is 0 Å². The molecular weight excluding hydrogens is 342 g/mol. The summed E-state index contributed by atoms with van der Waals surface area (Å²) in [4.78, 5) is 14.0. The Morgan fingerprint density at radius 2 is 1.38 bits per heavy atom. The summed E-state index contributed by atoms with van der Waals surface area (Å²) in [6, 6.07) is 0. The molecule has 1 heterocycles. The molecule has 1 fully saturated rings. The Hall–Kier alpha value is -0.770. The van der Waals surface area contributed by atoms with Gasteiger partial charge in [-0.25, -0.2) is 0 Å². The lowest BCUT2D eigenvalue weighted by Gasteiger charge is -2.27. The van der Waals surface area contributed by atoms with Crippen LogP contribution in [0.3, 0.4) is 0 Å². The van der Waals surface area contributed by atoms with E-state index in [-0.39, 0.29) is 6.54 Å². The van der Waals surface area contributed by atoms with Gasteiger partial charge in [0.1, 0.15) is 0 Å². The zero-order chi connectivity index (χ0) is 19.3. The number of carbonyl (C=O) groups excluding carboxylic acids is 1. The predicted octanol–water partition coefficient (Wildman–Crippen LogP) is 0.666. The number of aliphatic hydroxyl groups is 1. The van der Waals surface area contributed by atoms with Crippen molar-refractivity contribution in [2.45, 2.75) is 33.5 Å². The zero-order valence-corrected chi connectivity index (χ0v) is 16.4. The van der Waals surface area contributed by atoms with Crippen LogP contribution in [0.1, 0.15) is 27.2 Å². The number of ether oxygens (including phenoxy) is 5. The lowest BCUT2D eigenvalue weighted by atomic mass is 9.91. The summed E-state index contributed by atoms with van der Waals surface area (Å²) in [5.74, 6) is -0.396. The summed E-state index contributed by atoms with van der Waals surface area (Å²) in [6.45, 7) is 11.1. The smallest absolute Gasteiger partial charge is 0.313 e. The summed E-state index contributed by atoms with van der Waals surface area (Å²) in [7, 11) is 0. The monoisotopic (exact) mass is 377 g/mol.